The van der Waals surface area contributed by atoms with Gasteiger partial charge >= 0.3 is 6.09 Å². The van der Waals surface area contributed by atoms with Crippen LogP contribution in [-0.2, 0) is 11.3 Å². The summed E-state index contributed by atoms with van der Waals surface area (Å²) in [6.45, 7) is 1.07. The zero-order chi connectivity index (χ0) is 19.5. The zero-order valence-electron chi connectivity index (χ0n) is 15.9. The molecule has 3 N–H and O–H groups in total. The average molecular weight is 379 g/mol. The number of rotatable bonds is 5. The highest BCUT2D eigenvalue weighted by Gasteiger charge is 2.27. The number of hydrogen-bond donors (Lipinski definition) is 3. The number of carbonyl (C=O) groups is 1. The molecule has 1 saturated heterocycles. The topological polar surface area (TPSA) is 77.6 Å². The number of hydrogen-bond acceptors (Lipinski definition) is 3. The van der Waals surface area contributed by atoms with E-state index < -0.39 is 6.09 Å². The minimum Gasteiger partial charge on any atom is -0.465 e. The summed E-state index contributed by atoms with van der Waals surface area (Å²) in [4.78, 5) is 16.6. The lowest BCUT2D eigenvalue weighted by Gasteiger charge is -2.34. The number of amides is 1. The van der Waals surface area contributed by atoms with Crippen molar-refractivity contribution in [3.05, 3.63) is 54.1 Å². The van der Waals surface area contributed by atoms with Crippen molar-refractivity contribution < 1.29 is 14.6 Å². The lowest BCUT2D eigenvalue weighted by atomic mass is 10.1. The summed E-state index contributed by atoms with van der Waals surface area (Å²) < 4.78 is 5.33. The molecule has 3 aromatic rings. The molecule has 0 radical (unpaired) electrons. The van der Waals surface area contributed by atoms with Gasteiger partial charge in [0, 0.05) is 24.7 Å². The van der Waals surface area contributed by atoms with Crippen LogP contribution in [0.2, 0.25) is 0 Å². The molecule has 1 aromatic heterocycles. The summed E-state index contributed by atoms with van der Waals surface area (Å²) in [5.74, 6) is 0. The van der Waals surface area contributed by atoms with E-state index in [-0.39, 0.29) is 6.17 Å². The van der Waals surface area contributed by atoms with Crippen molar-refractivity contribution in [2.75, 3.05) is 19.0 Å². The first-order valence-corrected chi connectivity index (χ1v) is 9.62. The standard InChI is InChI=1S/C22H25N3O3/c1-28-14-15-11-17-13-18(16-7-3-2-4-8-16)24-21(17)19(12-15)23-20-9-5-6-10-25(20)22(26)27/h2-4,7-8,11-13,20,23-24H,5-6,9-10,14H2,1H3,(H,26,27). The molecule has 1 amide bonds. The maximum absolute atomic E-state index is 11.6. The van der Waals surface area contributed by atoms with Crippen LogP contribution in [0, 0.1) is 0 Å². The maximum atomic E-state index is 11.6. The van der Waals surface area contributed by atoms with Gasteiger partial charge in [-0.1, -0.05) is 30.3 Å². The molecule has 2 aromatic carbocycles. The molecule has 1 aliphatic heterocycles. The Morgan fingerprint density at radius 3 is 2.82 bits per heavy atom. The number of aromatic amines is 1. The lowest BCUT2D eigenvalue weighted by Crippen LogP contribution is -2.47. The molecule has 0 aliphatic carbocycles. The van der Waals surface area contributed by atoms with Gasteiger partial charge in [0.1, 0.15) is 6.17 Å². The van der Waals surface area contributed by atoms with Gasteiger partial charge in [-0.3, -0.25) is 4.90 Å². The number of methoxy groups -OCH3 is 1. The Morgan fingerprint density at radius 2 is 2.07 bits per heavy atom. The van der Waals surface area contributed by atoms with Crippen molar-refractivity contribution in [2.24, 2.45) is 0 Å². The van der Waals surface area contributed by atoms with Crippen molar-refractivity contribution in [3.63, 3.8) is 0 Å². The predicted octanol–water partition coefficient (Wildman–Crippen LogP) is 4.88. The van der Waals surface area contributed by atoms with E-state index in [0.29, 0.717) is 13.2 Å². The molecule has 6 heteroatoms. The molecular formula is C22H25N3O3. The Labute approximate surface area is 164 Å². The van der Waals surface area contributed by atoms with E-state index in [1.54, 1.807) is 7.11 Å². The first-order valence-electron chi connectivity index (χ1n) is 9.62. The molecular weight excluding hydrogens is 354 g/mol. The molecule has 2 heterocycles. The molecule has 1 fully saturated rings. The van der Waals surface area contributed by atoms with Crippen LogP contribution >= 0.6 is 0 Å². The third-order valence-electron chi connectivity index (χ3n) is 5.25. The van der Waals surface area contributed by atoms with Gasteiger partial charge in [0.15, 0.2) is 0 Å². The fourth-order valence-electron chi connectivity index (χ4n) is 3.93. The molecule has 146 valence electrons. The Hall–Kier alpha value is -2.99. The van der Waals surface area contributed by atoms with Gasteiger partial charge < -0.3 is 20.1 Å². The fourth-order valence-corrected chi connectivity index (χ4v) is 3.93. The van der Waals surface area contributed by atoms with Gasteiger partial charge in [0.05, 0.1) is 17.8 Å². The first-order chi connectivity index (χ1) is 13.7. The van der Waals surface area contributed by atoms with Gasteiger partial charge in [-0.15, -0.1) is 0 Å². The average Bonchev–Trinajstić information content (AvgIpc) is 3.14. The number of ether oxygens (including phenoxy) is 1. The van der Waals surface area contributed by atoms with E-state index in [4.69, 9.17) is 4.74 Å². The second kappa shape index (κ2) is 7.94. The minimum atomic E-state index is -0.877. The zero-order valence-corrected chi connectivity index (χ0v) is 15.9. The normalized spacial score (nSPS) is 17.0. The van der Waals surface area contributed by atoms with Crippen LogP contribution in [0.1, 0.15) is 24.8 Å². The van der Waals surface area contributed by atoms with Crippen molar-refractivity contribution in [1.29, 1.82) is 0 Å². The second-order valence-electron chi connectivity index (χ2n) is 7.22. The highest BCUT2D eigenvalue weighted by atomic mass is 16.5. The van der Waals surface area contributed by atoms with Crippen LogP contribution in [0.3, 0.4) is 0 Å². The Kier molecular flexibility index (Phi) is 5.21. The van der Waals surface area contributed by atoms with Crippen LogP contribution < -0.4 is 5.32 Å². The van der Waals surface area contributed by atoms with Crippen molar-refractivity contribution in [1.82, 2.24) is 9.88 Å². The van der Waals surface area contributed by atoms with Gasteiger partial charge in [-0.2, -0.15) is 0 Å². The highest BCUT2D eigenvalue weighted by Crippen LogP contribution is 2.32. The third-order valence-corrected chi connectivity index (χ3v) is 5.25. The van der Waals surface area contributed by atoms with Crippen LogP contribution in [0.4, 0.5) is 10.5 Å². The van der Waals surface area contributed by atoms with Gasteiger partial charge in [0.25, 0.3) is 0 Å². The Bertz CT molecular complexity index is 968. The molecule has 4 rings (SSSR count). The molecule has 1 unspecified atom stereocenters. The summed E-state index contributed by atoms with van der Waals surface area (Å²) in [5.41, 5.74) is 5.09. The Balaban J connectivity index is 1.74. The molecule has 0 bridgehead atoms. The highest BCUT2D eigenvalue weighted by molar-refractivity contribution is 5.95. The van der Waals surface area contributed by atoms with E-state index in [1.165, 1.54) is 4.90 Å². The van der Waals surface area contributed by atoms with E-state index >= 15 is 0 Å². The van der Waals surface area contributed by atoms with E-state index in [2.05, 4.69) is 34.6 Å². The van der Waals surface area contributed by atoms with Crippen molar-refractivity contribution in [3.8, 4) is 11.3 Å². The van der Waals surface area contributed by atoms with E-state index in [0.717, 1.165) is 52.7 Å². The summed E-state index contributed by atoms with van der Waals surface area (Å²) in [7, 11) is 1.68. The monoisotopic (exact) mass is 379 g/mol. The minimum absolute atomic E-state index is 0.226. The van der Waals surface area contributed by atoms with Crippen LogP contribution in [0.15, 0.2) is 48.5 Å². The van der Waals surface area contributed by atoms with Gasteiger partial charge in [-0.25, -0.2) is 4.79 Å². The van der Waals surface area contributed by atoms with Crippen LogP contribution in [0.25, 0.3) is 22.2 Å². The molecule has 1 atom stereocenters. The summed E-state index contributed by atoms with van der Waals surface area (Å²) in [5, 5.41) is 14.1. The third kappa shape index (κ3) is 3.68. The molecule has 0 saturated carbocycles. The number of nitrogens with one attached hydrogen (secondary N) is 2. The summed E-state index contributed by atoms with van der Waals surface area (Å²) >= 11 is 0. The summed E-state index contributed by atoms with van der Waals surface area (Å²) in [6.07, 6.45) is 1.62. The number of carboxylic acid groups (broad SMARTS) is 1. The molecule has 28 heavy (non-hydrogen) atoms. The molecule has 0 spiro atoms. The van der Waals surface area contributed by atoms with Crippen LogP contribution in [0.5, 0.6) is 0 Å². The smallest absolute Gasteiger partial charge is 0.408 e. The number of benzene rings is 2. The number of piperidine rings is 1. The number of nitrogens with zero attached hydrogens (tertiary/aromatic N) is 1. The fraction of sp³-hybridized carbons (Fsp3) is 0.318. The van der Waals surface area contributed by atoms with Gasteiger partial charge in [0.2, 0.25) is 0 Å². The SMILES string of the molecule is COCc1cc(NC2CCCCN2C(=O)O)c2[nH]c(-c3ccccc3)cc2c1. The maximum Gasteiger partial charge on any atom is 0.408 e. The predicted molar refractivity (Wildman–Crippen MR) is 110 cm³/mol. The van der Waals surface area contributed by atoms with Gasteiger partial charge in [-0.05, 0) is 48.6 Å². The van der Waals surface area contributed by atoms with Crippen molar-refractivity contribution in [2.45, 2.75) is 32.0 Å². The molecule has 1 aliphatic rings. The number of anilines is 1. The van der Waals surface area contributed by atoms with Crippen molar-refractivity contribution >= 4 is 22.7 Å². The number of likely N-dealkylation sites (tertiary alicyclic amines) is 1. The Morgan fingerprint density at radius 1 is 1.25 bits per heavy atom. The van der Waals surface area contributed by atoms with E-state index in [1.807, 2.05) is 24.3 Å². The number of H-pyrrole nitrogens is 1. The van der Waals surface area contributed by atoms with Crippen LogP contribution in [-0.4, -0.2) is 40.9 Å². The number of aromatic nitrogens is 1. The molecule has 6 nitrogen and oxygen atoms in total. The largest absolute Gasteiger partial charge is 0.465 e. The summed E-state index contributed by atoms with van der Waals surface area (Å²) in [6, 6.07) is 16.5. The quantitative estimate of drug-likeness (QED) is 0.590. The second-order valence-corrected chi connectivity index (χ2v) is 7.22. The lowest BCUT2D eigenvalue weighted by molar-refractivity contribution is 0.115. The van der Waals surface area contributed by atoms with E-state index in [9.17, 15) is 9.90 Å². The number of fused-ring (bicyclic) bond motifs is 1. The first kappa shape index (κ1) is 18.4.